The Morgan fingerprint density at radius 1 is 0.867 bits per heavy atom. The van der Waals surface area contributed by atoms with E-state index in [1.165, 1.54) is 24.1 Å². The van der Waals surface area contributed by atoms with Crippen molar-refractivity contribution in [2.24, 2.45) is 0 Å². The number of halogens is 2. The average molecular weight is 669 g/mol. The Bertz CT molecular complexity index is 1720. The maximum atomic E-state index is 14.4. The third-order valence-corrected chi connectivity index (χ3v) is 9.71. The Hall–Kier alpha value is -4.05. The molecule has 0 saturated heterocycles. The molecule has 0 aromatic heterocycles. The van der Waals surface area contributed by atoms with E-state index in [2.05, 4.69) is 5.32 Å². The predicted octanol–water partition coefficient (Wildman–Crippen LogP) is 6.28. The lowest BCUT2D eigenvalue weighted by Gasteiger charge is -2.33. The van der Waals surface area contributed by atoms with Crippen LogP contribution in [0.1, 0.15) is 23.6 Å². The number of sulfonamides is 1. The van der Waals surface area contributed by atoms with E-state index >= 15 is 0 Å². The number of hydrogen-bond donors (Lipinski definition) is 1. The van der Waals surface area contributed by atoms with Crippen molar-refractivity contribution in [3.63, 3.8) is 0 Å². The molecule has 1 atom stereocenters. The number of carbonyl (C=O) groups is 2. The molecule has 4 aromatic rings. The molecule has 0 saturated carbocycles. The van der Waals surface area contributed by atoms with Crippen LogP contribution in [0, 0.1) is 6.92 Å². The highest BCUT2D eigenvalue weighted by Crippen LogP contribution is 2.28. The first-order chi connectivity index (χ1) is 21.5. The second-order valence-electron chi connectivity index (χ2n) is 10.3. The van der Waals surface area contributed by atoms with Gasteiger partial charge in [-0.3, -0.25) is 13.9 Å². The molecule has 8 nitrogen and oxygen atoms in total. The van der Waals surface area contributed by atoms with Crippen LogP contribution >= 0.6 is 23.2 Å². The maximum absolute atomic E-state index is 14.4. The Kier molecular flexibility index (Phi) is 11.5. The van der Waals surface area contributed by atoms with Crippen LogP contribution in [0.5, 0.6) is 5.75 Å². The number of nitrogens with one attached hydrogen (secondary N) is 1. The standard InChI is InChI=1S/C34H35Cl2N3O5S/c1-4-44-28-15-17-29(18-16-28)45(42,43)39(27-13-10-24(2)11-14-27)23-33(40)38(22-26-12-19-30(35)31(36)20-26)32(34(41)37-3)21-25-8-6-5-7-9-25/h5-20,32H,4,21-23H2,1-3H3,(H,37,41)/t32-/m0/s1. The summed E-state index contributed by atoms with van der Waals surface area (Å²) in [6.45, 7) is 3.56. The zero-order valence-corrected chi connectivity index (χ0v) is 27.6. The summed E-state index contributed by atoms with van der Waals surface area (Å²) in [5.41, 5.74) is 2.68. The van der Waals surface area contributed by atoms with Crippen LogP contribution in [0.15, 0.2) is 102 Å². The van der Waals surface area contributed by atoms with E-state index in [0.29, 0.717) is 33.7 Å². The number of hydrogen-bond acceptors (Lipinski definition) is 5. The van der Waals surface area contributed by atoms with E-state index < -0.39 is 34.4 Å². The summed E-state index contributed by atoms with van der Waals surface area (Å²) in [6.07, 6.45) is 0.198. The SMILES string of the molecule is CCOc1ccc(S(=O)(=O)N(CC(=O)N(Cc2ccc(Cl)c(Cl)c2)[C@@H](Cc2ccccc2)C(=O)NC)c2ccc(C)cc2)cc1. The van der Waals surface area contributed by atoms with E-state index in [-0.39, 0.29) is 17.9 Å². The van der Waals surface area contributed by atoms with Crippen LogP contribution in [0.3, 0.4) is 0 Å². The van der Waals surface area contributed by atoms with Crippen molar-refractivity contribution >= 4 is 50.7 Å². The summed E-state index contributed by atoms with van der Waals surface area (Å²) in [5, 5.41) is 3.30. The van der Waals surface area contributed by atoms with Crippen molar-refractivity contribution in [3.05, 3.63) is 124 Å². The van der Waals surface area contributed by atoms with Gasteiger partial charge in [-0.05, 0) is 73.5 Å². The van der Waals surface area contributed by atoms with Crippen molar-refractivity contribution in [2.75, 3.05) is 24.5 Å². The highest BCUT2D eigenvalue weighted by atomic mass is 35.5. The minimum absolute atomic E-state index is 0.0116. The second kappa shape index (κ2) is 15.3. The summed E-state index contributed by atoms with van der Waals surface area (Å²) >= 11 is 12.4. The normalized spacial score (nSPS) is 11.8. The molecule has 0 aliphatic heterocycles. The lowest BCUT2D eigenvalue weighted by molar-refractivity contribution is -0.139. The molecule has 0 heterocycles. The fourth-order valence-electron chi connectivity index (χ4n) is 4.80. The number of ether oxygens (including phenoxy) is 1. The fourth-order valence-corrected chi connectivity index (χ4v) is 6.53. The van der Waals surface area contributed by atoms with Gasteiger partial charge in [0, 0.05) is 20.0 Å². The molecule has 0 aliphatic carbocycles. The summed E-state index contributed by atoms with van der Waals surface area (Å²) in [6, 6.07) is 26.2. The molecule has 2 amide bonds. The summed E-state index contributed by atoms with van der Waals surface area (Å²) < 4.78 is 34.8. The number of benzene rings is 4. The van der Waals surface area contributed by atoms with Crippen LogP contribution in [0.4, 0.5) is 5.69 Å². The van der Waals surface area contributed by atoms with E-state index in [4.69, 9.17) is 27.9 Å². The first kappa shape index (κ1) is 33.8. The third-order valence-electron chi connectivity index (χ3n) is 7.18. The Balaban J connectivity index is 1.78. The molecule has 0 unspecified atom stereocenters. The number of rotatable bonds is 13. The number of nitrogens with zero attached hydrogens (tertiary/aromatic N) is 2. The quantitative estimate of drug-likeness (QED) is 0.181. The number of amides is 2. The van der Waals surface area contributed by atoms with E-state index in [1.807, 2.05) is 44.2 Å². The monoisotopic (exact) mass is 667 g/mol. The van der Waals surface area contributed by atoms with Crippen LogP contribution < -0.4 is 14.4 Å². The minimum Gasteiger partial charge on any atom is -0.494 e. The average Bonchev–Trinajstić information content (AvgIpc) is 3.04. The molecule has 0 spiro atoms. The van der Waals surface area contributed by atoms with Gasteiger partial charge in [0.25, 0.3) is 10.0 Å². The fraction of sp³-hybridized carbons (Fsp3) is 0.235. The summed E-state index contributed by atoms with van der Waals surface area (Å²) in [5.74, 6) is -0.458. The first-order valence-electron chi connectivity index (χ1n) is 14.3. The van der Waals surface area contributed by atoms with E-state index in [9.17, 15) is 18.0 Å². The van der Waals surface area contributed by atoms with E-state index in [1.54, 1.807) is 54.6 Å². The van der Waals surface area contributed by atoms with Gasteiger partial charge in [-0.25, -0.2) is 8.42 Å². The van der Waals surface area contributed by atoms with Crippen LogP contribution in [-0.4, -0.2) is 51.4 Å². The largest absolute Gasteiger partial charge is 0.494 e. The van der Waals surface area contributed by atoms with Gasteiger partial charge in [-0.2, -0.15) is 0 Å². The molecule has 236 valence electrons. The molecule has 4 rings (SSSR count). The Morgan fingerprint density at radius 2 is 1.53 bits per heavy atom. The van der Waals surface area contributed by atoms with Gasteiger partial charge in [0.15, 0.2) is 0 Å². The zero-order valence-electron chi connectivity index (χ0n) is 25.2. The van der Waals surface area contributed by atoms with Gasteiger partial charge in [0.05, 0.1) is 27.2 Å². The molecule has 0 bridgehead atoms. The maximum Gasteiger partial charge on any atom is 0.264 e. The number of anilines is 1. The van der Waals surface area contributed by atoms with Crippen molar-refractivity contribution in [3.8, 4) is 5.75 Å². The van der Waals surface area contributed by atoms with Crippen LogP contribution in [-0.2, 0) is 32.6 Å². The van der Waals surface area contributed by atoms with Gasteiger partial charge in [0.1, 0.15) is 18.3 Å². The van der Waals surface area contributed by atoms with Crippen LogP contribution in [0.2, 0.25) is 10.0 Å². The lowest BCUT2D eigenvalue weighted by Crippen LogP contribution is -2.53. The van der Waals surface area contributed by atoms with Crippen LogP contribution in [0.25, 0.3) is 0 Å². The number of aryl methyl sites for hydroxylation is 1. The molecule has 11 heteroatoms. The highest BCUT2D eigenvalue weighted by molar-refractivity contribution is 7.92. The van der Waals surface area contributed by atoms with Gasteiger partial charge in [-0.15, -0.1) is 0 Å². The summed E-state index contributed by atoms with van der Waals surface area (Å²) in [7, 11) is -2.73. The molecule has 0 radical (unpaired) electrons. The molecular formula is C34H35Cl2N3O5S. The molecule has 45 heavy (non-hydrogen) atoms. The summed E-state index contributed by atoms with van der Waals surface area (Å²) in [4.78, 5) is 29.1. The number of carbonyl (C=O) groups excluding carboxylic acids is 2. The predicted molar refractivity (Wildman–Crippen MR) is 178 cm³/mol. The molecule has 0 fully saturated rings. The Morgan fingerprint density at radius 3 is 2.13 bits per heavy atom. The van der Waals surface area contributed by atoms with Gasteiger partial charge < -0.3 is 15.0 Å². The van der Waals surface area contributed by atoms with E-state index in [0.717, 1.165) is 15.4 Å². The third kappa shape index (κ3) is 8.57. The molecule has 1 N–H and O–H groups in total. The molecule has 0 aliphatic rings. The smallest absolute Gasteiger partial charge is 0.264 e. The number of likely N-dealkylation sites (N-methyl/N-ethyl adjacent to an activating group) is 1. The van der Waals surface area contributed by atoms with Crippen molar-refractivity contribution < 1.29 is 22.7 Å². The highest BCUT2D eigenvalue weighted by Gasteiger charge is 2.34. The van der Waals surface area contributed by atoms with Crippen molar-refractivity contribution in [2.45, 2.75) is 37.8 Å². The van der Waals surface area contributed by atoms with Gasteiger partial charge in [-0.1, -0.05) is 77.3 Å². The minimum atomic E-state index is -4.23. The van der Waals surface area contributed by atoms with Crippen molar-refractivity contribution in [1.82, 2.24) is 10.2 Å². The first-order valence-corrected chi connectivity index (χ1v) is 16.5. The second-order valence-corrected chi connectivity index (χ2v) is 13.0. The zero-order chi connectivity index (χ0) is 32.6. The lowest BCUT2D eigenvalue weighted by atomic mass is 10.0. The Labute approximate surface area is 274 Å². The molecular weight excluding hydrogens is 633 g/mol. The van der Waals surface area contributed by atoms with Gasteiger partial charge >= 0.3 is 0 Å². The van der Waals surface area contributed by atoms with Crippen molar-refractivity contribution in [1.29, 1.82) is 0 Å². The van der Waals surface area contributed by atoms with Gasteiger partial charge in [0.2, 0.25) is 11.8 Å². The topological polar surface area (TPSA) is 96.0 Å². The molecule has 4 aromatic carbocycles.